The van der Waals surface area contributed by atoms with Crippen LogP contribution in [0.2, 0.25) is 0 Å². The predicted molar refractivity (Wildman–Crippen MR) is 137 cm³/mol. The number of likely N-dealkylation sites (N-methyl/N-ethyl adjacent to an activating group) is 2. The van der Waals surface area contributed by atoms with Crippen molar-refractivity contribution in [3.63, 3.8) is 0 Å². The first-order valence-electron chi connectivity index (χ1n) is 12.7. The van der Waals surface area contributed by atoms with Gasteiger partial charge in [0.1, 0.15) is 30.1 Å². The molecule has 3 atom stereocenters. The van der Waals surface area contributed by atoms with Crippen LogP contribution in [0.5, 0.6) is 5.75 Å². The second-order valence-corrected chi connectivity index (χ2v) is 10.0. The zero-order valence-electron chi connectivity index (χ0n) is 21.1. The minimum Gasteiger partial charge on any atom is -0.491 e. The molecule has 9 nitrogen and oxygen atoms in total. The lowest BCUT2D eigenvalue weighted by Gasteiger charge is -2.35. The molecule has 190 valence electrons. The molecule has 3 aliphatic heterocycles. The van der Waals surface area contributed by atoms with Gasteiger partial charge in [0, 0.05) is 69.7 Å². The molecule has 4 heterocycles. The molecule has 0 radical (unpaired) electrons. The Morgan fingerprint density at radius 1 is 1.20 bits per heavy atom. The fourth-order valence-electron chi connectivity index (χ4n) is 5.50. The average molecular weight is 483 g/mol. The summed E-state index contributed by atoms with van der Waals surface area (Å²) in [5, 5.41) is 13.0. The molecule has 1 aromatic carbocycles. The van der Waals surface area contributed by atoms with E-state index in [2.05, 4.69) is 40.2 Å². The van der Waals surface area contributed by atoms with Crippen molar-refractivity contribution in [3.8, 4) is 17.1 Å². The van der Waals surface area contributed by atoms with Gasteiger partial charge in [0.15, 0.2) is 5.82 Å². The van der Waals surface area contributed by atoms with Crippen molar-refractivity contribution in [1.82, 2.24) is 20.2 Å². The second-order valence-electron chi connectivity index (χ2n) is 10.0. The van der Waals surface area contributed by atoms with Crippen molar-refractivity contribution in [2.75, 3.05) is 70.4 Å². The topological polar surface area (TPSA) is 86.2 Å². The lowest BCUT2D eigenvalue weighted by atomic mass is 10.1. The fraction of sp³-hybridized carbons (Fsp3) is 0.615. The van der Waals surface area contributed by atoms with E-state index < -0.39 is 6.10 Å². The number of ether oxygens (including phenoxy) is 2. The molecule has 3 aliphatic rings. The highest BCUT2D eigenvalue weighted by atomic mass is 16.5. The Morgan fingerprint density at radius 3 is 2.74 bits per heavy atom. The van der Waals surface area contributed by atoms with Gasteiger partial charge in [0.2, 0.25) is 0 Å². The van der Waals surface area contributed by atoms with Gasteiger partial charge in [-0.05, 0) is 45.5 Å². The third kappa shape index (κ3) is 5.38. The van der Waals surface area contributed by atoms with Crippen LogP contribution in [0, 0.1) is 0 Å². The van der Waals surface area contributed by atoms with Gasteiger partial charge in [-0.25, -0.2) is 9.97 Å². The van der Waals surface area contributed by atoms with Gasteiger partial charge in [0.25, 0.3) is 0 Å². The molecule has 0 saturated carbocycles. The Labute approximate surface area is 208 Å². The molecular weight excluding hydrogens is 444 g/mol. The molecule has 3 unspecified atom stereocenters. The van der Waals surface area contributed by atoms with Crippen LogP contribution in [-0.4, -0.2) is 105 Å². The third-order valence-corrected chi connectivity index (χ3v) is 7.58. The van der Waals surface area contributed by atoms with Gasteiger partial charge in [-0.3, -0.25) is 4.90 Å². The Morgan fingerprint density at radius 2 is 2.03 bits per heavy atom. The molecule has 2 bridgehead atoms. The molecule has 3 fully saturated rings. The first-order valence-corrected chi connectivity index (χ1v) is 12.7. The maximum absolute atomic E-state index is 10.0. The fourth-order valence-corrected chi connectivity index (χ4v) is 5.50. The standard InChI is InChI=1S/C26H38N6O3/c1-27-14-22(33)17-35-23-6-4-5-18(11-23)26-28-24(31(3)19-7-9-34-10-8-19)13-25(29-26)32-16-20-12-21(32)15-30(20)2/h4-6,11,13,19-22,27,33H,7-10,12,14-17H2,1-3H3. The molecule has 5 rings (SSSR count). The van der Waals surface area contributed by atoms with Gasteiger partial charge in [-0.2, -0.15) is 0 Å². The first kappa shape index (κ1) is 24.2. The molecule has 3 saturated heterocycles. The van der Waals surface area contributed by atoms with Gasteiger partial charge in [0.05, 0.1) is 0 Å². The van der Waals surface area contributed by atoms with Crippen molar-refractivity contribution in [2.24, 2.45) is 0 Å². The highest BCUT2D eigenvalue weighted by Crippen LogP contribution is 2.35. The van der Waals surface area contributed by atoms with E-state index in [4.69, 9.17) is 19.4 Å². The van der Waals surface area contributed by atoms with Crippen LogP contribution in [0.4, 0.5) is 11.6 Å². The number of hydrogen-bond acceptors (Lipinski definition) is 9. The smallest absolute Gasteiger partial charge is 0.163 e. The third-order valence-electron chi connectivity index (χ3n) is 7.58. The number of fused-ring (bicyclic) bond motifs is 2. The summed E-state index contributed by atoms with van der Waals surface area (Å²) < 4.78 is 11.4. The van der Waals surface area contributed by atoms with Crippen LogP contribution in [0.3, 0.4) is 0 Å². The zero-order chi connectivity index (χ0) is 24.4. The lowest BCUT2D eigenvalue weighted by Crippen LogP contribution is -2.45. The summed E-state index contributed by atoms with van der Waals surface area (Å²) in [4.78, 5) is 17.3. The van der Waals surface area contributed by atoms with E-state index in [-0.39, 0.29) is 6.61 Å². The number of rotatable bonds is 9. The SMILES string of the molecule is CNCC(O)COc1cccc(-c2nc(N(C)C3CCOCC3)cc(N3CC4CC3CN4C)n2)c1. The predicted octanol–water partition coefficient (Wildman–Crippen LogP) is 1.61. The highest BCUT2D eigenvalue weighted by Gasteiger charge is 2.42. The Balaban J connectivity index is 1.44. The number of nitrogens with zero attached hydrogens (tertiary/aromatic N) is 5. The van der Waals surface area contributed by atoms with E-state index in [0.29, 0.717) is 36.2 Å². The van der Waals surface area contributed by atoms with Crippen molar-refractivity contribution in [1.29, 1.82) is 0 Å². The number of hydrogen-bond donors (Lipinski definition) is 2. The van der Waals surface area contributed by atoms with Gasteiger partial charge in [-0.15, -0.1) is 0 Å². The first-order chi connectivity index (χ1) is 17.0. The van der Waals surface area contributed by atoms with Crippen LogP contribution in [-0.2, 0) is 4.74 Å². The van der Waals surface area contributed by atoms with Crippen molar-refractivity contribution >= 4 is 11.6 Å². The number of aliphatic hydroxyl groups is 1. The van der Waals surface area contributed by atoms with Crippen molar-refractivity contribution in [2.45, 2.75) is 43.5 Å². The van der Waals surface area contributed by atoms with Gasteiger partial charge >= 0.3 is 0 Å². The largest absolute Gasteiger partial charge is 0.491 e. The molecule has 35 heavy (non-hydrogen) atoms. The number of nitrogens with one attached hydrogen (secondary N) is 1. The van der Waals surface area contributed by atoms with Crippen LogP contribution < -0.4 is 19.9 Å². The lowest BCUT2D eigenvalue weighted by molar-refractivity contribution is 0.0853. The van der Waals surface area contributed by atoms with Gasteiger partial charge in [-0.1, -0.05) is 12.1 Å². The number of likely N-dealkylation sites (tertiary alicyclic amines) is 1. The van der Waals surface area contributed by atoms with E-state index >= 15 is 0 Å². The maximum Gasteiger partial charge on any atom is 0.163 e. The van der Waals surface area contributed by atoms with E-state index in [9.17, 15) is 5.11 Å². The second kappa shape index (κ2) is 10.7. The summed E-state index contributed by atoms with van der Waals surface area (Å²) in [6.45, 7) is 4.38. The molecule has 1 aromatic heterocycles. The average Bonchev–Trinajstić information content (AvgIpc) is 3.47. The molecule has 0 spiro atoms. The zero-order valence-corrected chi connectivity index (χ0v) is 21.1. The molecule has 0 aliphatic carbocycles. The monoisotopic (exact) mass is 482 g/mol. The normalized spacial score (nSPS) is 23.6. The molecule has 9 heteroatoms. The summed E-state index contributed by atoms with van der Waals surface area (Å²) in [6.07, 6.45) is 2.64. The number of benzene rings is 1. The maximum atomic E-state index is 10.0. The molecule has 2 aromatic rings. The number of anilines is 2. The van der Waals surface area contributed by atoms with E-state index in [1.807, 2.05) is 31.3 Å². The quantitative estimate of drug-likeness (QED) is 0.554. The van der Waals surface area contributed by atoms with Crippen molar-refractivity contribution < 1.29 is 14.6 Å². The Hall–Kier alpha value is -2.46. The molecule has 2 N–H and O–H groups in total. The number of aliphatic hydroxyl groups excluding tert-OH is 1. The van der Waals surface area contributed by atoms with Crippen LogP contribution in [0.15, 0.2) is 30.3 Å². The van der Waals surface area contributed by atoms with Crippen LogP contribution in [0.25, 0.3) is 11.4 Å². The number of aromatic nitrogens is 2. The summed E-state index contributed by atoms with van der Waals surface area (Å²) >= 11 is 0. The van der Waals surface area contributed by atoms with Crippen molar-refractivity contribution in [3.05, 3.63) is 30.3 Å². The summed E-state index contributed by atoms with van der Waals surface area (Å²) in [7, 11) is 6.17. The number of piperazine rings is 1. The van der Waals surface area contributed by atoms with E-state index in [0.717, 1.165) is 56.3 Å². The van der Waals surface area contributed by atoms with E-state index in [1.54, 1.807) is 0 Å². The Bertz CT molecular complexity index is 999. The van der Waals surface area contributed by atoms with Crippen LogP contribution >= 0.6 is 0 Å². The van der Waals surface area contributed by atoms with Crippen LogP contribution in [0.1, 0.15) is 19.3 Å². The minimum absolute atomic E-state index is 0.229. The molecule has 0 amide bonds. The Kier molecular flexibility index (Phi) is 7.38. The minimum atomic E-state index is -0.563. The highest BCUT2D eigenvalue weighted by molar-refractivity contribution is 5.64. The van der Waals surface area contributed by atoms with Gasteiger partial charge < -0.3 is 29.7 Å². The molecular formula is C26H38N6O3. The summed E-state index contributed by atoms with van der Waals surface area (Å²) in [6, 6.07) is 11.5. The summed E-state index contributed by atoms with van der Waals surface area (Å²) in [5.41, 5.74) is 0.913. The van der Waals surface area contributed by atoms with E-state index in [1.165, 1.54) is 6.42 Å². The summed E-state index contributed by atoms with van der Waals surface area (Å²) in [5.74, 6) is 3.35.